The molecule has 0 saturated carbocycles. The number of nitrogens with zero attached hydrogens (tertiary/aromatic N) is 1. The van der Waals surface area contributed by atoms with Crippen molar-refractivity contribution in [3.05, 3.63) is 72.4 Å². The monoisotopic (exact) mass is 436 g/mol. The average Bonchev–Trinajstić information content (AvgIpc) is 3.16. The smallest absolute Gasteiger partial charge is 0.321 e. The van der Waals surface area contributed by atoms with Crippen molar-refractivity contribution < 1.29 is 8.42 Å². The average molecular weight is 437 g/mol. The standard InChI is InChI=1S/C24H28N4O2S/c1-3-28(4-2)14-13-20-17-25-24-12-11-22(16-23(20)24)27-31(29,30)26-21-10-9-18-7-5-6-8-19(18)15-21/h5-12,15-17,25-27H,3-4,13-14H2,1-2H3. The molecule has 0 aliphatic carbocycles. The summed E-state index contributed by atoms with van der Waals surface area (Å²) in [5.74, 6) is 0. The number of hydrogen-bond donors (Lipinski definition) is 3. The molecule has 4 aromatic rings. The summed E-state index contributed by atoms with van der Waals surface area (Å²) in [6, 6.07) is 18.9. The predicted octanol–water partition coefficient (Wildman–Crippen LogP) is 4.97. The van der Waals surface area contributed by atoms with E-state index in [4.69, 9.17) is 0 Å². The molecule has 6 nitrogen and oxygen atoms in total. The molecule has 0 atom stereocenters. The second-order valence-electron chi connectivity index (χ2n) is 7.62. The Morgan fingerprint density at radius 3 is 2.29 bits per heavy atom. The van der Waals surface area contributed by atoms with E-state index in [0.717, 1.165) is 47.7 Å². The number of H-pyrrole nitrogens is 1. The van der Waals surface area contributed by atoms with Gasteiger partial charge in [-0.05, 0) is 66.2 Å². The van der Waals surface area contributed by atoms with Crippen molar-refractivity contribution in [2.75, 3.05) is 29.1 Å². The molecular weight excluding hydrogens is 408 g/mol. The molecule has 0 radical (unpaired) electrons. The maximum absolute atomic E-state index is 12.7. The van der Waals surface area contributed by atoms with Crippen LogP contribution < -0.4 is 9.44 Å². The van der Waals surface area contributed by atoms with Crippen molar-refractivity contribution in [1.29, 1.82) is 0 Å². The van der Waals surface area contributed by atoms with Crippen molar-refractivity contribution >= 4 is 43.3 Å². The topological polar surface area (TPSA) is 77.2 Å². The van der Waals surface area contributed by atoms with Crippen LogP contribution in [0.3, 0.4) is 0 Å². The predicted molar refractivity (Wildman–Crippen MR) is 130 cm³/mol. The normalized spacial score (nSPS) is 12.0. The van der Waals surface area contributed by atoms with Crippen LogP contribution in [0.25, 0.3) is 21.7 Å². The SMILES string of the molecule is CCN(CC)CCc1c[nH]c2ccc(NS(=O)(=O)Nc3ccc4ccccc4c3)cc12. The van der Waals surface area contributed by atoms with Gasteiger partial charge in [0.15, 0.2) is 0 Å². The lowest BCUT2D eigenvalue weighted by Gasteiger charge is -2.17. The zero-order valence-corrected chi connectivity index (χ0v) is 18.7. The Hall–Kier alpha value is -3.03. The van der Waals surface area contributed by atoms with E-state index < -0.39 is 10.2 Å². The Morgan fingerprint density at radius 1 is 0.871 bits per heavy atom. The summed E-state index contributed by atoms with van der Waals surface area (Å²) in [7, 11) is -3.77. The van der Waals surface area contributed by atoms with E-state index in [1.54, 1.807) is 12.1 Å². The molecule has 1 heterocycles. The molecule has 4 rings (SSSR count). The molecule has 1 aromatic heterocycles. The van der Waals surface area contributed by atoms with Gasteiger partial charge in [-0.25, -0.2) is 0 Å². The molecular formula is C24H28N4O2S. The fourth-order valence-corrected chi connectivity index (χ4v) is 4.78. The van der Waals surface area contributed by atoms with Crippen LogP contribution in [0.15, 0.2) is 66.9 Å². The lowest BCUT2D eigenvalue weighted by Crippen LogP contribution is -2.25. The van der Waals surface area contributed by atoms with E-state index in [1.165, 1.54) is 5.56 Å². The van der Waals surface area contributed by atoms with Gasteiger partial charge < -0.3 is 9.88 Å². The van der Waals surface area contributed by atoms with E-state index >= 15 is 0 Å². The van der Waals surface area contributed by atoms with Gasteiger partial charge in [-0.2, -0.15) is 8.42 Å². The van der Waals surface area contributed by atoms with Gasteiger partial charge in [0, 0.05) is 23.6 Å². The first-order valence-corrected chi connectivity index (χ1v) is 12.1. The first kappa shape index (κ1) is 21.2. The van der Waals surface area contributed by atoms with Crippen LogP contribution in [-0.4, -0.2) is 37.9 Å². The van der Waals surface area contributed by atoms with Crippen LogP contribution in [0, 0.1) is 0 Å². The van der Waals surface area contributed by atoms with Gasteiger partial charge in [0.1, 0.15) is 0 Å². The van der Waals surface area contributed by atoms with Gasteiger partial charge in [0.05, 0.1) is 11.4 Å². The molecule has 0 amide bonds. The van der Waals surface area contributed by atoms with E-state index in [-0.39, 0.29) is 0 Å². The van der Waals surface area contributed by atoms with Crippen LogP contribution in [0.4, 0.5) is 11.4 Å². The van der Waals surface area contributed by atoms with Crippen LogP contribution >= 0.6 is 0 Å². The molecule has 3 N–H and O–H groups in total. The highest BCUT2D eigenvalue weighted by atomic mass is 32.2. The second-order valence-corrected chi connectivity index (χ2v) is 9.04. The van der Waals surface area contributed by atoms with Crippen LogP contribution in [-0.2, 0) is 16.6 Å². The highest BCUT2D eigenvalue weighted by Gasteiger charge is 2.13. The zero-order valence-electron chi connectivity index (χ0n) is 17.9. The maximum Gasteiger partial charge on any atom is 0.321 e. The van der Waals surface area contributed by atoms with Gasteiger partial charge in [-0.3, -0.25) is 9.44 Å². The number of hydrogen-bond acceptors (Lipinski definition) is 3. The minimum Gasteiger partial charge on any atom is -0.361 e. The molecule has 31 heavy (non-hydrogen) atoms. The summed E-state index contributed by atoms with van der Waals surface area (Å²) in [6.07, 6.45) is 2.92. The minimum atomic E-state index is -3.77. The maximum atomic E-state index is 12.7. The fraction of sp³-hybridized carbons (Fsp3) is 0.250. The first-order chi connectivity index (χ1) is 15.0. The van der Waals surface area contributed by atoms with Gasteiger partial charge in [0.25, 0.3) is 0 Å². The fourth-order valence-electron chi connectivity index (χ4n) is 3.86. The highest BCUT2D eigenvalue weighted by Crippen LogP contribution is 2.25. The number of aromatic amines is 1. The summed E-state index contributed by atoms with van der Waals surface area (Å²) in [4.78, 5) is 5.66. The molecule has 0 bridgehead atoms. The van der Waals surface area contributed by atoms with Crippen LogP contribution in [0.5, 0.6) is 0 Å². The van der Waals surface area contributed by atoms with E-state index in [0.29, 0.717) is 11.4 Å². The number of likely N-dealkylation sites (N-methyl/N-ethyl adjacent to an activating group) is 1. The molecule has 0 saturated heterocycles. The van der Waals surface area contributed by atoms with E-state index in [2.05, 4.69) is 33.2 Å². The van der Waals surface area contributed by atoms with Crippen molar-refractivity contribution in [3.8, 4) is 0 Å². The molecule has 7 heteroatoms. The van der Waals surface area contributed by atoms with E-state index in [9.17, 15) is 8.42 Å². The van der Waals surface area contributed by atoms with Crippen molar-refractivity contribution in [1.82, 2.24) is 9.88 Å². The third-order valence-electron chi connectivity index (χ3n) is 5.61. The third-order valence-corrected chi connectivity index (χ3v) is 6.62. The van der Waals surface area contributed by atoms with Crippen molar-refractivity contribution in [3.63, 3.8) is 0 Å². The molecule has 0 fully saturated rings. The molecule has 0 unspecified atom stereocenters. The Kier molecular flexibility index (Phi) is 6.15. The van der Waals surface area contributed by atoms with Gasteiger partial charge in [-0.1, -0.05) is 44.2 Å². The Balaban J connectivity index is 1.51. The molecule has 0 aliphatic heterocycles. The first-order valence-electron chi connectivity index (χ1n) is 10.6. The molecule has 0 spiro atoms. The lowest BCUT2D eigenvalue weighted by atomic mass is 10.1. The van der Waals surface area contributed by atoms with Crippen molar-refractivity contribution in [2.45, 2.75) is 20.3 Å². The molecule has 0 aliphatic rings. The van der Waals surface area contributed by atoms with Gasteiger partial charge in [-0.15, -0.1) is 0 Å². The second kappa shape index (κ2) is 8.99. The number of nitrogens with one attached hydrogen (secondary N) is 3. The zero-order chi connectivity index (χ0) is 21.8. The van der Waals surface area contributed by atoms with Gasteiger partial charge in [0.2, 0.25) is 0 Å². The minimum absolute atomic E-state index is 0.522. The summed E-state index contributed by atoms with van der Waals surface area (Å²) in [5.41, 5.74) is 3.24. The Bertz CT molecular complexity index is 1290. The summed E-state index contributed by atoms with van der Waals surface area (Å²) in [6.45, 7) is 7.33. The Morgan fingerprint density at radius 2 is 1.55 bits per heavy atom. The Labute approximate surface area is 183 Å². The van der Waals surface area contributed by atoms with Gasteiger partial charge >= 0.3 is 10.2 Å². The van der Waals surface area contributed by atoms with Crippen LogP contribution in [0.2, 0.25) is 0 Å². The highest BCUT2D eigenvalue weighted by molar-refractivity contribution is 7.94. The largest absolute Gasteiger partial charge is 0.361 e. The van der Waals surface area contributed by atoms with Crippen LogP contribution in [0.1, 0.15) is 19.4 Å². The summed E-state index contributed by atoms with van der Waals surface area (Å²) < 4.78 is 30.7. The van der Waals surface area contributed by atoms with Crippen molar-refractivity contribution in [2.24, 2.45) is 0 Å². The third kappa shape index (κ3) is 5.00. The summed E-state index contributed by atoms with van der Waals surface area (Å²) >= 11 is 0. The number of rotatable bonds is 9. The number of aromatic nitrogens is 1. The quantitative estimate of drug-likeness (QED) is 0.346. The number of fused-ring (bicyclic) bond motifs is 2. The number of benzene rings is 3. The lowest BCUT2D eigenvalue weighted by molar-refractivity contribution is 0.308. The molecule has 3 aromatic carbocycles. The van der Waals surface area contributed by atoms with E-state index in [1.807, 2.05) is 54.7 Å². The summed E-state index contributed by atoms with van der Waals surface area (Å²) in [5, 5.41) is 3.08. The molecule has 162 valence electrons. The number of anilines is 2.